The number of rotatable bonds is 5. The number of nitrogens with two attached hydrogens (primary N) is 1. The number of hydrogen-bond acceptors (Lipinski definition) is 6. The molecule has 0 aromatic carbocycles. The summed E-state index contributed by atoms with van der Waals surface area (Å²) in [5.74, 6) is 1.05. The molecule has 2 N–H and O–H groups in total. The van der Waals surface area contributed by atoms with E-state index in [2.05, 4.69) is 22.0 Å². The third kappa shape index (κ3) is 2.57. The molecule has 0 spiro atoms. The molecule has 3 heterocycles. The fourth-order valence-corrected chi connectivity index (χ4v) is 2.80. The zero-order valence-electron chi connectivity index (χ0n) is 11.2. The van der Waals surface area contributed by atoms with Gasteiger partial charge in [0.25, 0.3) is 0 Å². The quantitative estimate of drug-likeness (QED) is 0.777. The summed E-state index contributed by atoms with van der Waals surface area (Å²) < 4.78 is 6.38. The highest BCUT2D eigenvalue weighted by molar-refractivity contribution is 7.17. The summed E-state index contributed by atoms with van der Waals surface area (Å²) in [5, 5.41) is 6.02. The number of fused-ring (bicyclic) bond motifs is 1. The van der Waals surface area contributed by atoms with E-state index in [0.717, 1.165) is 35.0 Å². The second kappa shape index (κ2) is 5.68. The molecule has 3 aromatic heterocycles. The van der Waals surface area contributed by atoms with Crippen LogP contribution in [-0.2, 0) is 0 Å². The second-order valence-corrected chi connectivity index (χ2v) is 5.68. The summed E-state index contributed by atoms with van der Waals surface area (Å²) in [6.07, 6.45) is 4.79. The maximum atomic E-state index is 6.04. The third-order valence-corrected chi connectivity index (χ3v) is 4.04. The maximum Gasteiger partial charge on any atom is 0.243 e. The molecule has 20 heavy (non-hydrogen) atoms. The van der Waals surface area contributed by atoms with Gasteiger partial charge >= 0.3 is 0 Å². The lowest BCUT2D eigenvalue weighted by Crippen LogP contribution is -2.10. The number of pyridine rings is 1. The minimum atomic E-state index is -0.186. The fraction of sp³-hybridized carbons (Fsp3) is 0.357. The monoisotopic (exact) mass is 288 g/mol. The topological polar surface area (TPSA) is 77.8 Å². The van der Waals surface area contributed by atoms with Crippen molar-refractivity contribution in [2.45, 2.75) is 32.2 Å². The van der Waals surface area contributed by atoms with E-state index in [1.165, 1.54) is 0 Å². The van der Waals surface area contributed by atoms with Gasteiger partial charge in [-0.2, -0.15) is 4.98 Å². The molecule has 3 rings (SSSR count). The lowest BCUT2D eigenvalue weighted by Gasteiger charge is -2.03. The molecule has 0 aliphatic rings. The van der Waals surface area contributed by atoms with E-state index in [-0.39, 0.29) is 6.04 Å². The van der Waals surface area contributed by atoms with Crippen LogP contribution in [0.4, 0.5) is 0 Å². The van der Waals surface area contributed by atoms with Crippen LogP contribution < -0.4 is 5.73 Å². The smallest absolute Gasteiger partial charge is 0.243 e. The molecule has 0 aliphatic heterocycles. The van der Waals surface area contributed by atoms with E-state index in [4.69, 9.17) is 10.3 Å². The minimum absolute atomic E-state index is 0.186. The molecule has 1 atom stereocenters. The number of unbranched alkanes of at least 4 members (excludes halogenated alkanes) is 1. The Hall–Kier alpha value is -1.79. The van der Waals surface area contributed by atoms with Crippen LogP contribution in [0.15, 0.2) is 28.2 Å². The molecule has 3 aromatic rings. The first-order valence-electron chi connectivity index (χ1n) is 6.70. The Labute approximate surface area is 120 Å². The van der Waals surface area contributed by atoms with Gasteiger partial charge in [-0.25, -0.2) is 0 Å². The first kappa shape index (κ1) is 13.2. The van der Waals surface area contributed by atoms with Crippen LogP contribution in [0.1, 0.15) is 38.1 Å². The summed E-state index contributed by atoms with van der Waals surface area (Å²) in [5.41, 5.74) is 7.88. The van der Waals surface area contributed by atoms with Crippen LogP contribution >= 0.6 is 11.3 Å². The van der Waals surface area contributed by atoms with Crippen molar-refractivity contribution in [1.82, 2.24) is 15.1 Å². The Bertz CT molecular complexity index is 706. The molecule has 1 unspecified atom stereocenters. The second-order valence-electron chi connectivity index (χ2n) is 4.73. The van der Waals surface area contributed by atoms with Crippen LogP contribution in [0.5, 0.6) is 0 Å². The van der Waals surface area contributed by atoms with Gasteiger partial charge in [0.15, 0.2) is 0 Å². The standard InChI is InChI=1S/C14H16N4OS/c1-2-3-4-10(15)14-17-13(18-19-14)9-7-12-11(16-8-9)5-6-20-12/h5-8,10H,2-4,15H2,1H3. The molecule has 0 radical (unpaired) electrons. The van der Waals surface area contributed by atoms with Gasteiger partial charge in [-0.15, -0.1) is 11.3 Å². The molecule has 5 nitrogen and oxygen atoms in total. The van der Waals surface area contributed by atoms with Gasteiger partial charge in [0.1, 0.15) is 0 Å². The van der Waals surface area contributed by atoms with Crippen LogP contribution in [0.3, 0.4) is 0 Å². The van der Waals surface area contributed by atoms with Crippen molar-refractivity contribution in [3.63, 3.8) is 0 Å². The molecular formula is C14H16N4OS. The number of nitrogens with zero attached hydrogens (tertiary/aromatic N) is 3. The van der Waals surface area contributed by atoms with Crippen molar-refractivity contribution < 1.29 is 4.52 Å². The molecule has 0 amide bonds. The molecule has 0 saturated carbocycles. The zero-order chi connectivity index (χ0) is 13.9. The molecular weight excluding hydrogens is 272 g/mol. The van der Waals surface area contributed by atoms with Crippen molar-refractivity contribution in [3.05, 3.63) is 29.6 Å². The summed E-state index contributed by atoms with van der Waals surface area (Å²) in [6, 6.07) is 3.83. The van der Waals surface area contributed by atoms with Gasteiger partial charge in [0.2, 0.25) is 11.7 Å². The van der Waals surface area contributed by atoms with Crippen LogP contribution in [0.2, 0.25) is 0 Å². The van der Waals surface area contributed by atoms with E-state index in [1.54, 1.807) is 17.5 Å². The summed E-state index contributed by atoms with van der Waals surface area (Å²) >= 11 is 1.65. The van der Waals surface area contributed by atoms with Gasteiger partial charge < -0.3 is 10.3 Å². The van der Waals surface area contributed by atoms with Crippen molar-refractivity contribution in [1.29, 1.82) is 0 Å². The number of thiophene rings is 1. The van der Waals surface area contributed by atoms with E-state index < -0.39 is 0 Å². The average Bonchev–Trinajstić information content (AvgIpc) is 3.12. The van der Waals surface area contributed by atoms with Gasteiger partial charge in [-0.3, -0.25) is 4.98 Å². The Morgan fingerprint density at radius 2 is 2.35 bits per heavy atom. The SMILES string of the molecule is CCCCC(N)c1nc(-c2cnc3ccsc3c2)no1. The summed E-state index contributed by atoms with van der Waals surface area (Å²) in [6.45, 7) is 2.13. The van der Waals surface area contributed by atoms with Gasteiger partial charge in [0.05, 0.1) is 16.3 Å². The van der Waals surface area contributed by atoms with E-state index in [0.29, 0.717) is 11.7 Å². The lowest BCUT2D eigenvalue weighted by molar-refractivity contribution is 0.346. The molecule has 0 bridgehead atoms. The van der Waals surface area contributed by atoms with Gasteiger partial charge in [-0.05, 0) is 23.9 Å². The first-order valence-corrected chi connectivity index (χ1v) is 7.58. The van der Waals surface area contributed by atoms with E-state index >= 15 is 0 Å². The van der Waals surface area contributed by atoms with Crippen molar-refractivity contribution in [2.75, 3.05) is 0 Å². The van der Waals surface area contributed by atoms with Crippen molar-refractivity contribution in [2.24, 2.45) is 5.73 Å². The van der Waals surface area contributed by atoms with Crippen molar-refractivity contribution in [3.8, 4) is 11.4 Å². The Balaban J connectivity index is 1.85. The zero-order valence-corrected chi connectivity index (χ0v) is 12.1. The molecule has 0 aliphatic carbocycles. The lowest BCUT2D eigenvalue weighted by atomic mass is 10.1. The Kier molecular flexibility index (Phi) is 3.75. The number of hydrogen-bond donors (Lipinski definition) is 1. The summed E-state index contributed by atoms with van der Waals surface area (Å²) in [7, 11) is 0. The molecule has 0 fully saturated rings. The Morgan fingerprint density at radius 3 is 3.20 bits per heavy atom. The van der Waals surface area contributed by atoms with Gasteiger partial charge in [-0.1, -0.05) is 24.9 Å². The third-order valence-electron chi connectivity index (χ3n) is 3.19. The highest BCUT2D eigenvalue weighted by atomic mass is 32.1. The Morgan fingerprint density at radius 1 is 1.45 bits per heavy atom. The normalized spacial score (nSPS) is 12.9. The highest BCUT2D eigenvalue weighted by Gasteiger charge is 2.15. The number of aromatic nitrogens is 3. The fourth-order valence-electron chi connectivity index (χ4n) is 2.02. The molecule has 104 valence electrons. The predicted molar refractivity (Wildman–Crippen MR) is 79.4 cm³/mol. The highest BCUT2D eigenvalue weighted by Crippen LogP contribution is 2.25. The summed E-state index contributed by atoms with van der Waals surface area (Å²) in [4.78, 5) is 8.77. The predicted octanol–water partition coefficient (Wildman–Crippen LogP) is 3.54. The van der Waals surface area contributed by atoms with Crippen LogP contribution in [-0.4, -0.2) is 15.1 Å². The minimum Gasteiger partial charge on any atom is -0.337 e. The molecule has 6 heteroatoms. The maximum absolute atomic E-state index is 6.04. The first-order chi connectivity index (χ1) is 9.78. The molecule has 0 saturated heterocycles. The van der Waals surface area contributed by atoms with Crippen LogP contribution in [0, 0.1) is 0 Å². The largest absolute Gasteiger partial charge is 0.337 e. The van der Waals surface area contributed by atoms with E-state index in [9.17, 15) is 0 Å². The van der Waals surface area contributed by atoms with Gasteiger partial charge in [0, 0.05) is 11.8 Å². The van der Waals surface area contributed by atoms with Crippen molar-refractivity contribution >= 4 is 21.6 Å². The van der Waals surface area contributed by atoms with E-state index in [1.807, 2.05) is 17.5 Å². The van der Waals surface area contributed by atoms with Crippen LogP contribution in [0.25, 0.3) is 21.6 Å². The average molecular weight is 288 g/mol.